The van der Waals surface area contributed by atoms with Gasteiger partial charge < -0.3 is 9.15 Å². The first-order valence-corrected chi connectivity index (χ1v) is 12.7. The molecule has 1 aliphatic rings. The van der Waals surface area contributed by atoms with Crippen LogP contribution in [0.25, 0.3) is 17.4 Å². The predicted octanol–water partition coefficient (Wildman–Crippen LogP) is 4.27. The lowest BCUT2D eigenvalue weighted by atomic mass is 9.96. The number of aryl methyl sites for hydroxylation is 1. The summed E-state index contributed by atoms with van der Waals surface area (Å²) in [6, 6.07) is 16.9. The highest BCUT2D eigenvalue weighted by Gasteiger charge is 2.33. The lowest BCUT2D eigenvalue weighted by Gasteiger charge is -2.24. The van der Waals surface area contributed by atoms with E-state index in [4.69, 9.17) is 9.15 Å². The predicted molar refractivity (Wildman–Crippen MR) is 142 cm³/mol. The van der Waals surface area contributed by atoms with Gasteiger partial charge in [0.15, 0.2) is 4.80 Å². The number of carbonyl (C=O) groups excluding carboxylic acids is 1. The molecule has 0 saturated heterocycles. The van der Waals surface area contributed by atoms with Crippen molar-refractivity contribution in [3.05, 3.63) is 119 Å². The molecule has 0 N–H and O–H groups in total. The zero-order valence-corrected chi connectivity index (χ0v) is 21.7. The standard InChI is InChI=1S/C28H23N3O6S/c1-4-36-27(33)24-17(3)29-28-30(25(24)18-8-6-5-7-9-18)26(32)23(38-28)15-20-12-13-22(37-20)19-11-10-16(2)21(14-19)31(34)35/h5-15,25H,4H2,1-3H3/b23-15+/t25-/m1/s1. The van der Waals surface area contributed by atoms with Crippen LogP contribution in [-0.4, -0.2) is 22.1 Å². The summed E-state index contributed by atoms with van der Waals surface area (Å²) in [5, 5.41) is 11.3. The van der Waals surface area contributed by atoms with E-state index in [1.54, 1.807) is 51.1 Å². The third kappa shape index (κ3) is 4.50. The Kier molecular flexibility index (Phi) is 6.64. The molecule has 192 valence electrons. The van der Waals surface area contributed by atoms with E-state index >= 15 is 0 Å². The second-order valence-electron chi connectivity index (χ2n) is 8.67. The molecule has 10 heteroatoms. The summed E-state index contributed by atoms with van der Waals surface area (Å²) in [7, 11) is 0. The Labute approximate surface area is 220 Å². The summed E-state index contributed by atoms with van der Waals surface area (Å²) in [5.74, 6) is 0.334. The molecule has 0 radical (unpaired) electrons. The molecule has 2 aromatic carbocycles. The van der Waals surface area contributed by atoms with E-state index in [1.807, 2.05) is 30.3 Å². The topological polar surface area (TPSA) is 117 Å². The molecular weight excluding hydrogens is 506 g/mol. The first kappa shape index (κ1) is 25.1. The number of nitrogens with zero attached hydrogens (tertiary/aromatic N) is 3. The average molecular weight is 530 g/mol. The highest BCUT2D eigenvalue weighted by molar-refractivity contribution is 7.07. The zero-order chi connectivity index (χ0) is 27.0. The number of nitro groups is 1. The van der Waals surface area contributed by atoms with Crippen molar-refractivity contribution < 1.29 is 18.9 Å². The van der Waals surface area contributed by atoms with Crippen molar-refractivity contribution in [1.29, 1.82) is 0 Å². The van der Waals surface area contributed by atoms with Crippen LogP contribution in [0, 0.1) is 17.0 Å². The first-order chi connectivity index (χ1) is 18.3. The number of benzene rings is 2. The van der Waals surface area contributed by atoms with Crippen molar-refractivity contribution >= 4 is 29.1 Å². The van der Waals surface area contributed by atoms with Crippen LogP contribution in [-0.2, 0) is 9.53 Å². The van der Waals surface area contributed by atoms with E-state index in [-0.39, 0.29) is 17.9 Å². The van der Waals surface area contributed by atoms with Crippen molar-refractivity contribution in [2.75, 3.05) is 6.61 Å². The van der Waals surface area contributed by atoms with Crippen LogP contribution in [0.2, 0.25) is 0 Å². The Balaban J connectivity index is 1.61. The molecule has 0 fully saturated rings. The summed E-state index contributed by atoms with van der Waals surface area (Å²) in [5.41, 5.74) is 2.37. The Morgan fingerprint density at radius 3 is 2.66 bits per heavy atom. The number of rotatable bonds is 6. The van der Waals surface area contributed by atoms with Crippen LogP contribution in [0.5, 0.6) is 0 Å². The summed E-state index contributed by atoms with van der Waals surface area (Å²) in [6.45, 7) is 5.34. The number of ether oxygens (including phenoxy) is 1. The van der Waals surface area contributed by atoms with Gasteiger partial charge in [-0.15, -0.1) is 0 Å². The normalized spacial score (nSPS) is 15.2. The molecule has 0 amide bonds. The molecule has 1 atom stereocenters. The minimum Gasteiger partial charge on any atom is -0.463 e. The number of carbonyl (C=O) groups is 1. The van der Waals surface area contributed by atoms with E-state index in [9.17, 15) is 19.7 Å². The van der Waals surface area contributed by atoms with E-state index in [0.717, 1.165) is 5.56 Å². The second kappa shape index (κ2) is 10.1. The number of esters is 1. The van der Waals surface area contributed by atoms with Crippen molar-refractivity contribution in [2.45, 2.75) is 26.8 Å². The molecule has 0 saturated carbocycles. The lowest BCUT2D eigenvalue weighted by molar-refractivity contribution is -0.385. The number of allylic oxidation sites excluding steroid dienone is 1. The fourth-order valence-corrected chi connectivity index (χ4v) is 5.44. The number of hydrogen-bond donors (Lipinski definition) is 0. The van der Waals surface area contributed by atoms with Gasteiger partial charge >= 0.3 is 5.97 Å². The molecule has 1 aliphatic heterocycles. The van der Waals surface area contributed by atoms with E-state index < -0.39 is 16.9 Å². The Morgan fingerprint density at radius 2 is 1.95 bits per heavy atom. The average Bonchev–Trinajstić information content (AvgIpc) is 3.48. The fourth-order valence-electron chi connectivity index (χ4n) is 4.42. The number of aromatic nitrogens is 1. The minimum absolute atomic E-state index is 0.00226. The maximum atomic E-state index is 13.7. The smallest absolute Gasteiger partial charge is 0.338 e. The molecule has 0 aliphatic carbocycles. The van der Waals surface area contributed by atoms with E-state index in [1.165, 1.54) is 22.0 Å². The van der Waals surface area contributed by atoms with Gasteiger partial charge in [0, 0.05) is 23.3 Å². The van der Waals surface area contributed by atoms with Crippen LogP contribution < -0.4 is 14.9 Å². The van der Waals surface area contributed by atoms with Crippen LogP contribution in [0.4, 0.5) is 5.69 Å². The van der Waals surface area contributed by atoms with Gasteiger partial charge in [0.2, 0.25) is 0 Å². The molecule has 0 unspecified atom stereocenters. The van der Waals surface area contributed by atoms with Crippen molar-refractivity contribution in [1.82, 2.24) is 4.57 Å². The number of fused-ring (bicyclic) bond motifs is 1. The highest BCUT2D eigenvalue weighted by Crippen LogP contribution is 2.31. The summed E-state index contributed by atoms with van der Waals surface area (Å²) >= 11 is 1.19. The number of thiazole rings is 1. The zero-order valence-electron chi connectivity index (χ0n) is 20.8. The van der Waals surface area contributed by atoms with Gasteiger partial charge in [-0.1, -0.05) is 53.8 Å². The monoisotopic (exact) mass is 529 g/mol. The molecule has 9 nitrogen and oxygen atoms in total. The second-order valence-corrected chi connectivity index (χ2v) is 9.68. The minimum atomic E-state index is -0.686. The quantitative estimate of drug-likeness (QED) is 0.209. The van der Waals surface area contributed by atoms with Crippen LogP contribution in [0.15, 0.2) is 86.1 Å². The molecule has 3 heterocycles. The van der Waals surface area contributed by atoms with Gasteiger partial charge in [0.25, 0.3) is 11.2 Å². The summed E-state index contributed by atoms with van der Waals surface area (Å²) in [6.07, 6.45) is 1.61. The number of nitro benzene ring substituents is 1. The van der Waals surface area contributed by atoms with Crippen molar-refractivity contribution in [3.63, 3.8) is 0 Å². The Bertz CT molecular complexity index is 1780. The van der Waals surface area contributed by atoms with Gasteiger partial charge in [-0.3, -0.25) is 19.5 Å². The van der Waals surface area contributed by atoms with E-state index in [0.29, 0.717) is 43.3 Å². The molecule has 5 rings (SSSR count). The van der Waals surface area contributed by atoms with Gasteiger partial charge in [0.05, 0.1) is 33.4 Å². The molecule has 2 aromatic heterocycles. The van der Waals surface area contributed by atoms with Crippen molar-refractivity contribution in [3.8, 4) is 11.3 Å². The van der Waals surface area contributed by atoms with Gasteiger partial charge in [-0.05, 0) is 38.5 Å². The fraction of sp³-hybridized carbons (Fsp3) is 0.179. The maximum absolute atomic E-state index is 13.7. The largest absolute Gasteiger partial charge is 0.463 e. The molecule has 38 heavy (non-hydrogen) atoms. The van der Waals surface area contributed by atoms with Gasteiger partial charge in [0.1, 0.15) is 11.5 Å². The van der Waals surface area contributed by atoms with E-state index in [2.05, 4.69) is 4.99 Å². The van der Waals surface area contributed by atoms with Gasteiger partial charge in [-0.2, -0.15) is 0 Å². The summed E-state index contributed by atoms with van der Waals surface area (Å²) in [4.78, 5) is 42.5. The van der Waals surface area contributed by atoms with Crippen molar-refractivity contribution in [2.24, 2.45) is 4.99 Å². The lowest BCUT2D eigenvalue weighted by Crippen LogP contribution is -2.39. The number of furan rings is 1. The Hall–Kier alpha value is -4.57. The molecular formula is C28H23N3O6S. The molecule has 4 aromatic rings. The number of hydrogen-bond acceptors (Lipinski definition) is 8. The van der Waals surface area contributed by atoms with Crippen LogP contribution in [0.1, 0.15) is 36.8 Å². The van der Waals surface area contributed by atoms with Gasteiger partial charge in [-0.25, -0.2) is 9.79 Å². The van der Waals surface area contributed by atoms with Crippen LogP contribution in [0.3, 0.4) is 0 Å². The van der Waals surface area contributed by atoms with Crippen LogP contribution >= 0.6 is 11.3 Å². The third-order valence-corrected chi connectivity index (χ3v) is 7.21. The SMILES string of the molecule is CCOC(=O)C1=C(C)N=c2s/c(=C/c3ccc(-c4ccc(C)c([N+](=O)[O-])c4)o3)c(=O)n2[C@@H]1c1ccccc1. The first-order valence-electron chi connectivity index (χ1n) is 11.9. The summed E-state index contributed by atoms with van der Waals surface area (Å²) < 4.78 is 13.1. The molecule has 0 bridgehead atoms. The molecule has 0 spiro atoms. The maximum Gasteiger partial charge on any atom is 0.338 e. The third-order valence-electron chi connectivity index (χ3n) is 6.22. The highest BCUT2D eigenvalue weighted by atomic mass is 32.1. The Morgan fingerprint density at radius 1 is 1.18 bits per heavy atom.